The molecule has 0 aromatic heterocycles. The average molecular weight is 370 g/mol. The van der Waals surface area contributed by atoms with Gasteiger partial charge in [-0.3, -0.25) is 9.59 Å². The number of piperidine rings is 1. The third kappa shape index (κ3) is 8.03. The van der Waals surface area contributed by atoms with E-state index in [1.807, 2.05) is 14.1 Å². The van der Waals surface area contributed by atoms with E-state index in [1.54, 1.807) is 16.7 Å². The van der Waals surface area contributed by atoms with Gasteiger partial charge in [0.05, 0.1) is 6.61 Å². The lowest BCUT2D eigenvalue weighted by atomic mass is 10.0. The minimum atomic E-state index is -0.294. The number of likely N-dealkylation sites (tertiary alicyclic amines) is 1. The molecule has 150 valence electrons. The third-order valence-electron chi connectivity index (χ3n) is 4.52. The zero-order valence-electron chi connectivity index (χ0n) is 16.6. The highest BCUT2D eigenvalue weighted by Crippen LogP contribution is 2.18. The van der Waals surface area contributed by atoms with Crippen molar-refractivity contribution in [2.45, 2.75) is 45.6 Å². The van der Waals surface area contributed by atoms with Crippen molar-refractivity contribution in [3.63, 3.8) is 0 Å². The summed E-state index contributed by atoms with van der Waals surface area (Å²) in [5, 5.41) is 2.90. The number of hydrogen-bond donors (Lipinski definition) is 1. The van der Waals surface area contributed by atoms with Crippen LogP contribution in [0.3, 0.4) is 0 Å². The Morgan fingerprint density at radius 1 is 1.15 bits per heavy atom. The summed E-state index contributed by atoms with van der Waals surface area (Å²) >= 11 is 0. The molecule has 0 atom stereocenters. The maximum atomic E-state index is 12.0. The lowest BCUT2D eigenvalue weighted by Crippen LogP contribution is -2.49. The van der Waals surface area contributed by atoms with Gasteiger partial charge in [-0.25, -0.2) is 4.79 Å². The van der Waals surface area contributed by atoms with Gasteiger partial charge in [-0.2, -0.15) is 0 Å². The molecular formula is C18H34N4O4. The molecule has 1 aliphatic heterocycles. The molecule has 0 unspecified atom stereocenters. The number of carbonyl (C=O) groups excluding carboxylic acids is 3. The van der Waals surface area contributed by atoms with Crippen molar-refractivity contribution in [2.24, 2.45) is 0 Å². The van der Waals surface area contributed by atoms with Crippen molar-refractivity contribution in [3.8, 4) is 0 Å². The van der Waals surface area contributed by atoms with Crippen molar-refractivity contribution in [1.29, 1.82) is 0 Å². The third-order valence-corrected chi connectivity index (χ3v) is 4.52. The van der Waals surface area contributed by atoms with E-state index in [-0.39, 0.29) is 23.9 Å². The van der Waals surface area contributed by atoms with Crippen LogP contribution in [0.1, 0.15) is 39.5 Å². The summed E-state index contributed by atoms with van der Waals surface area (Å²) in [7, 11) is 4.00. The second-order valence-corrected chi connectivity index (χ2v) is 6.89. The zero-order valence-corrected chi connectivity index (χ0v) is 16.6. The van der Waals surface area contributed by atoms with Gasteiger partial charge in [0.1, 0.15) is 0 Å². The van der Waals surface area contributed by atoms with Crippen LogP contribution >= 0.6 is 0 Å². The largest absolute Gasteiger partial charge is 0.450 e. The van der Waals surface area contributed by atoms with Crippen molar-refractivity contribution in [2.75, 3.05) is 53.4 Å². The highest BCUT2D eigenvalue weighted by molar-refractivity contribution is 5.78. The normalized spacial score (nSPS) is 15.0. The summed E-state index contributed by atoms with van der Waals surface area (Å²) in [4.78, 5) is 41.2. The van der Waals surface area contributed by atoms with E-state index >= 15 is 0 Å². The SMILES string of the molecule is CCOC(=O)N1CCC(N(CCC(=O)NCCCN(C)C)C(C)=O)CC1. The smallest absolute Gasteiger partial charge is 0.409 e. The Hall–Kier alpha value is -1.83. The molecular weight excluding hydrogens is 336 g/mol. The van der Waals surface area contributed by atoms with Gasteiger partial charge in [-0.05, 0) is 46.8 Å². The molecule has 1 aliphatic rings. The molecule has 0 aliphatic carbocycles. The molecule has 3 amide bonds. The molecule has 8 heteroatoms. The van der Waals surface area contributed by atoms with Crippen LogP contribution < -0.4 is 5.32 Å². The van der Waals surface area contributed by atoms with Gasteiger partial charge >= 0.3 is 6.09 Å². The Bertz CT molecular complexity index is 462. The maximum Gasteiger partial charge on any atom is 0.409 e. The summed E-state index contributed by atoms with van der Waals surface area (Å²) in [6.45, 7) is 6.82. The zero-order chi connectivity index (χ0) is 19.5. The van der Waals surface area contributed by atoms with E-state index in [1.165, 1.54) is 6.92 Å². The van der Waals surface area contributed by atoms with Crippen molar-refractivity contribution >= 4 is 17.9 Å². The van der Waals surface area contributed by atoms with E-state index in [9.17, 15) is 14.4 Å². The van der Waals surface area contributed by atoms with Crippen molar-refractivity contribution < 1.29 is 19.1 Å². The predicted octanol–water partition coefficient (Wildman–Crippen LogP) is 0.914. The molecule has 0 spiro atoms. The summed E-state index contributed by atoms with van der Waals surface area (Å²) < 4.78 is 5.02. The summed E-state index contributed by atoms with van der Waals surface area (Å²) in [5.74, 6) is -0.0565. The number of nitrogens with one attached hydrogen (secondary N) is 1. The van der Waals surface area contributed by atoms with E-state index in [0.717, 1.165) is 13.0 Å². The summed E-state index contributed by atoms with van der Waals surface area (Å²) in [6.07, 6.45) is 2.34. The Morgan fingerprint density at radius 3 is 2.35 bits per heavy atom. The van der Waals surface area contributed by atoms with Crippen molar-refractivity contribution in [3.05, 3.63) is 0 Å². The molecule has 0 saturated carbocycles. The maximum absolute atomic E-state index is 12.0. The van der Waals surface area contributed by atoms with Gasteiger partial charge < -0.3 is 24.8 Å². The van der Waals surface area contributed by atoms with Crippen LogP contribution in [0.2, 0.25) is 0 Å². The first-order chi connectivity index (χ1) is 12.3. The number of ether oxygens (including phenoxy) is 1. The van der Waals surface area contributed by atoms with Crippen LogP contribution in [0.4, 0.5) is 4.79 Å². The Kier molecular flexibility index (Phi) is 10.0. The average Bonchev–Trinajstić information content (AvgIpc) is 2.59. The first-order valence-corrected chi connectivity index (χ1v) is 9.45. The fourth-order valence-corrected chi connectivity index (χ4v) is 3.11. The number of amides is 3. The lowest BCUT2D eigenvalue weighted by Gasteiger charge is -2.37. The molecule has 26 heavy (non-hydrogen) atoms. The molecule has 0 aromatic carbocycles. The number of nitrogens with zero attached hydrogens (tertiary/aromatic N) is 3. The van der Waals surface area contributed by atoms with Gasteiger partial charge in [0.2, 0.25) is 11.8 Å². The number of carbonyl (C=O) groups is 3. The Morgan fingerprint density at radius 2 is 1.81 bits per heavy atom. The van der Waals surface area contributed by atoms with Crippen LogP contribution in [-0.2, 0) is 14.3 Å². The Balaban J connectivity index is 2.37. The van der Waals surface area contributed by atoms with Crippen molar-refractivity contribution in [1.82, 2.24) is 20.0 Å². The standard InChI is InChI=1S/C18H34N4O4/c1-5-26-18(25)21-12-7-16(8-13-21)22(15(2)23)14-9-17(24)19-10-6-11-20(3)4/h16H,5-14H2,1-4H3,(H,19,24). The minimum Gasteiger partial charge on any atom is -0.450 e. The van der Waals surface area contributed by atoms with Crippen LogP contribution in [0.15, 0.2) is 0 Å². The van der Waals surface area contributed by atoms with Gasteiger partial charge in [0.25, 0.3) is 0 Å². The van der Waals surface area contributed by atoms with Crippen LogP contribution in [0.5, 0.6) is 0 Å². The monoisotopic (exact) mass is 370 g/mol. The molecule has 1 N–H and O–H groups in total. The van der Waals surface area contributed by atoms with Crippen LogP contribution in [0, 0.1) is 0 Å². The molecule has 8 nitrogen and oxygen atoms in total. The fourth-order valence-electron chi connectivity index (χ4n) is 3.11. The highest BCUT2D eigenvalue weighted by atomic mass is 16.6. The van der Waals surface area contributed by atoms with Gasteiger partial charge in [0, 0.05) is 45.6 Å². The molecule has 1 saturated heterocycles. The first-order valence-electron chi connectivity index (χ1n) is 9.45. The van der Waals surface area contributed by atoms with Gasteiger partial charge in [0.15, 0.2) is 0 Å². The first kappa shape index (κ1) is 22.2. The molecule has 0 radical (unpaired) electrons. The number of hydrogen-bond acceptors (Lipinski definition) is 5. The summed E-state index contributed by atoms with van der Waals surface area (Å²) in [5.41, 5.74) is 0. The lowest BCUT2D eigenvalue weighted by molar-refractivity contribution is -0.132. The topological polar surface area (TPSA) is 82.2 Å². The quantitative estimate of drug-likeness (QED) is 0.610. The second-order valence-electron chi connectivity index (χ2n) is 6.89. The van der Waals surface area contributed by atoms with E-state index in [0.29, 0.717) is 52.0 Å². The molecule has 0 bridgehead atoms. The van der Waals surface area contributed by atoms with E-state index < -0.39 is 0 Å². The second kappa shape index (κ2) is 11.7. The highest BCUT2D eigenvalue weighted by Gasteiger charge is 2.28. The molecule has 1 fully saturated rings. The minimum absolute atomic E-state index is 0.0278. The molecule has 1 heterocycles. The summed E-state index contributed by atoms with van der Waals surface area (Å²) in [6, 6.07) is 0.0692. The fraction of sp³-hybridized carbons (Fsp3) is 0.833. The van der Waals surface area contributed by atoms with Crippen LogP contribution in [0.25, 0.3) is 0 Å². The van der Waals surface area contributed by atoms with Crippen LogP contribution in [-0.4, -0.2) is 92.1 Å². The van der Waals surface area contributed by atoms with Gasteiger partial charge in [-0.1, -0.05) is 0 Å². The van der Waals surface area contributed by atoms with E-state index in [2.05, 4.69) is 10.2 Å². The predicted molar refractivity (Wildman–Crippen MR) is 99.8 cm³/mol. The number of rotatable bonds is 9. The molecule has 1 rings (SSSR count). The Labute approximate surface area is 156 Å². The van der Waals surface area contributed by atoms with Gasteiger partial charge in [-0.15, -0.1) is 0 Å². The van der Waals surface area contributed by atoms with E-state index in [4.69, 9.17) is 4.74 Å². The molecule has 0 aromatic rings.